The number of nitrogens with one attached hydrogen (secondary N) is 3. The number of anilines is 1. The number of aryl methyl sites for hydroxylation is 1. The second-order valence-corrected chi connectivity index (χ2v) is 9.50. The maximum Gasteiger partial charge on any atom is 0.326 e. The van der Waals surface area contributed by atoms with Crippen LogP contribution in [-0.2, 0) is 27.9 Å². The van der Waals surface area contributed by atoms with Gasteiger partial charge in [0.2, 0.25) is 11.8 Å². The number of nitrogens with zero attached hydrogens (tertiary/aromatic N) is 2. The highest BCUT2D eigenvalue weighted by atomic mass is 16.4. The summed E-state index contributed by atoms with van der Waals surface area (Å²) in [4.78, 5) is 49.7. The summed E-state index contributed by atoms with van der Waals surface area (Å²) in [5.41, 5.74) is 0.484. The predicted molar refractivity (Wildman–Crippen MR) is 134 cm³/mol. The van der Waals surface area contributed by atoms with Gasteiger partial charge in [-0.25, -0.2) is 4.79 Å². The van der Waals surface area contributed by atoms with Crippen LogP contribution in [0.15, 0.2) is 36.5 Å². The predicted octanol–water partition coefficient (Wildman–Crippen LogP) is 2.65. The van der Waals surface area contributed by atoms with Crippen LogP contribution in [0.4, 0.5) is 5.69 Å². The molecule has 194 valence electrons. The van der Waals surface area contributed by atoms with E-state index in [1.165, 1.54) is 10.9 Å². The van der Waals surface area contributed by atoms with E-state index in [-0.39, 0.29) is 36.5 Å². The highest BCUT2D eigenvalue weighted by Crippen LogP contribution is 2.34. The van der Waals surface area contributed by atoms with Crippen LogP contribution in [-0.4, -0.2) is 50.2 Å². The zero-order valence-corrected chi connectivity index (χ0v) is 21.0. The molecule has 1 aliphatic carbocycles. The van der Waals surface area contributed by atoms with Gasteiger partial charge in [-0.05, 0) is 49.4 Å². The van der Waals surface area contributed by atoms with Gasteiger partial charge in [0, 0.05) is 31.8 Å². The number of hydrogen-bond donors (Lipinski definition) is 4. The van der Waals surface area contributed by atoms with Gasteiger partial charge in [-0.2, -0.15) is 5.10 Å². The summed E-state index contributed by atoms with van der Waals surface area (Å²) in [5.74, 6) is -2.12. The largest absolute Gasteiger partial charge is 0.480 e. The lowest BCUT2D eigenvalue weighted by atomic mass is 9.75. The first-order chi connectivity index (χ1) is 17.1. The summed E-state index contributed by atoms with van der Waals surface area (Å²) in [7, 11) is 1.68. The van der Waals surface area contributed by atoms with E-state index in [1.54, 1.807) is 51.2 Å². The molecule has 4 N–H and O–H groups in total. The van der Waals surface area contributed by atoms with Crippen molar-refractivity contribution in [2.75, 3.05) is 5.32 Å². The van der Waals surface area contributed by atoms with E-state index in [9.17, 15) is 24.3 Å². The molecule has 10 heteroatoms. The third kappa shape index (κ3) is 6.50. The summed E-state index contributed by atoms with van der Waals surface area (Å²) < 4.78 is 1.47. The molecule has 0 aliphatic heterocycles. The molecule has 10 nitrogen and oxygen atoms in total. The Morgan fingerprint density at radius 2 is 1.78 bits per heavy atom. The fourth-order valence-corrected chi connectivity index (χ4v) is 4.64. The summed E-state index contributed by atoms with van der Waals surface area (Å²) in [6.07, 6.45) is 6.66. The maximum atomic E-state index is 13.6. The molecule has 36 heavy (non-hydrogen) atoms. The third-order valence-corrected chi connectivity index (χ3v) is 6.93. The van der Waals surface area contributed by atoms with Crippen LogP contribution < -0.4 is 16.0 Å². The molecule has 1 aliphatic rings. The normalized spacial score (nSPS) is 16.4. The molecule has 0 spiro atoms. The summed E-state index contributed by atoms with van der Waals surface area (Å²) in [6.45, 7) is 3.43. The Labute approximate surface area is 210 Å². The first-order valence-corrected chi connectivity index (χ1v) is 12.4. The molecular weight excluding hydrogens is 462 g/mol. The van der Waals surface area contributed by atoms with E-state index in [1.807, 2.05) is 0 Å². The number of carboxylic acid groups (broad SMARTS) is 1. The Morgan fingerprint density at radius 1 is 1.11 bits per heavy atom. The molecule has 1 saturated carbocycles. The lowest BCUT2D eigenvalue weighted by Gasteiger charge is -2.39. The van der Waals surface area contributed by atoms with E-state index >= 15 is 0 Å². The molecule has 0 saturated heterocycles. The van der Waals surface area contributed by atoms with Gasteiger partial charge in [0.05, 0.1) is 0 Å². The lowest BCUT2D eigenvalue weighted by molar-refractivity contribution is -0.141. The van der Waals surface area contributed by atoms with Crippen molar-refractivity contribution in [2.24, 2.45) is 13.0 Å². The van der Waals surface area contributed by atoms with E-state index < -0.39 is 17.6 Å². The van der Waals surface area contributed by atoms with Crippen LogP contribution in [0, 0.1) is 5.92 Å². The van der Waals surface area contributed by atoms with Crippen molar-refractivity contribution in [3.63, 3.8) is 0 Å². The molecule has 1 aromatic carbocycles. The Hall–Kier alpha value is -3.69. The quantitative estimate of drug-likeness (QED) is 0.397. The van der Waals surface area contributed by atoms with Crippen molar-refractivity contribution in [3.8, 4) is 0 Å². The van der Waals surface area contributed by atoms with Gasteiger partial charge in [0.25, 0.3) is 5.91 Å². The van der Waals surface area contributed by atoms with Crippen LogP contribution in [0.3, 0.4) is 0 Å². The number of carboxylic acids is 1. The van der Waals surface area contributed by atoms with Gasteiger partial charge in [0.15, 0.2) is 0 Å². The van der Waals surface area contributed by atoms with Gasteiger partial charge >= 0.3 is 5.97 Å². The molecule has 0 radical (unpaired) electrons. The van der Waals surface area contributed by atoms with Crippen molar-refractivity contribution in [1.29, 1.82) is 0 Å². The molecule has 2 aromatic rings. The standard InChI is InChI=1S/C26H35N5O5/c1-4-22(32)29-20(24(34)35)16-17-10-12-19(13-11-17)28-25(36)26(2,18-8-6-5-7-9-18)30-23(33)21-14-15-27-31(21)3/h10-15,18,20H,4-9,16H2,1-3H3,(H,28,36)(H,29,32)(H,30,33)(H,34,35)/t20-,26-/m1/s1. The summed E-state index contributed by atoms with van der Waals surface area (Å²) in [5, 5.41) is 21.9. The van der Waals surface area contributed by atoms with E-state index in [0.717, 1.165) is 32.1 Å². The van der Waals surface area contributed by atoms with Crippen molar-refractivity contribution in [3.05, 3.63) is 47.8 Å². The fraction of sp³-hybridized carbons (Fsp3) is 0.500. The molecule has 0 unspecified atom stereocenters. The first kappa shape index (κ1) is 26.9. The van der Waals surface area contributed by atoms with E-state index in [2.05, 4.69) is 21.0 Å². The number of amides is 3. The molecule has 1 fully saturated rings. The number of carbonyl (C=O) groups excluding carboxylic acids is 3. The monoisotopic (exact) mass is 497 g/mol. The SMILES string of the molecule is CCC(=O)N[C@H](Cc1ccc(NC(=O)[C@](C)(NC(=O)c2ccnn2C)C2CCCCC2)cc1)C(=O)O. The fourth-order valence-electron chi connectivity index (χ4n) is 4.64. The second kappa shape index (κ2) is 11.8. The maximum absolute atomic E-state index is 13.6. The Balaban J connectivity index is 1.74. The molecule has 1 heterocycles. The number of aliphatic carboxylic acids is 1. The molecule has 3 rings (SSSR count). The third-order valence-electron chi connectivity index (χ3n) is 6.93. The highest BCUT2D eigenvalue weighted by molar-refractivity contribution is 6.03. The van der Waals surface area contributed by atoms with E-state index in [4.69, 9.17) is 0 Å². The van der Waals surface area contributed by atoms with Crippen molar-refractivity contribution < 1.29 is 24.3 Å². The van der Waals surface area contributed by atoms with Gasteiger partial charge in [-0.1, -0.05) is 38.3 Å². The minimum Gasteiger partial charge on any atom is -0.480 e. The Morgan fingerprint density at radius 3 is 2.33 bits per heavy atom. The average Bonchev–Trinajstić information content (AvgIpc) is 3.30. The van der Waals surface area contributed by atoms with Crippen molar-refractivity contribution in [2.45, 2.75) is 70.4 Å². The van der Waals surface area contributed by atoms with Gasteiger partial charge in [-0.15, -0.1) is 0 Å². The van der Waals surface area contributed by atoms with Crippen molar-refractivity contribution in [1.82, 2.24) is 20.4 Å². The molecular formula is C26H35N5O5. The average molecular weight is 498 g/mol. The molecule has 2 atom stereocenters. The summed E-state index contributed by atoms with van der Waals surface area (Å²) >= 11 is 0. The minimum atomic E-state index is -1.13. The number of benzene rings is 1. The van der Waals surface area contributed by atoms with Crippen LogP contribution >= 0.6 is 0 Å². The highest BCUT2D eigenvalue weighted by Gasteiger charge is 2.43. The lowest BCUT2D eigenvalue weighted by Crippen LogP contribution is -2.59. The number of rotatable bonds is 10. The van der Waals surface area contributed by atoms with Crippen LogP contribution in [0.2, 0.25) is 0 Å². The molecule has 1 aromatic heterocycles. The zero-order chi connectivity index (χ0) is 26.3. The van der Waals surface area contributed by atoms with Gasteiger partial charge < -0.3 is 21.1 Å². The number of carbonyl (C=O) groups is 4. The summed E-state index contributed by atoms with van der Waals surface area (Å²) in [6, 6.07) is 7.40. The smallest absolute Gasteiger partial charge is 0.326 e. The van der Waals surface area contributed by atoms with Crippen LogP contribution in [0.5, 0.6) is 0 Å². The zero-order valence-electron chi connectivity index (χ0n) is 21.0. The Bertz CT molecular complexity index is 1090. The Kier molecular flexibility index (Phi) is 8.84. The number of aromatic nitrogens is 2. The first-order valence-electron chi connectivity index (χ1n) is 12.4. The van der Waals surface area contributed by atoms with Gasteiger partial charge in [-0.3, -0.25) is 19.1 Å². The van der Waals surface area contributed by atoms with Crippen LogP contribution in [0.1, 0.15) is 68.4 Å². The van der Waals surface area contributed by atoms with Crippen LogP contribution in [0.25, 0.3) is 0 Å². The van der Waals surface area contributed by atoms with Gasteiger partial charge in [0.1, 0.15) is 17.3 Å². The second-order valence-electron chi connectivity index (χ2n) is 9.50. The number of hydrogen-bond acceptors (Lipinski definition) is 5. The molecule has 3 amide bonds. The topological polar surface area (TPSA) is 142 Å². The van der Waals surface area contributed by atoms with E-state index in [0.29, 0.717) is 16.9 Å². The molecule has 0 bridgehead atoms. The minimum absolute atomic E-state index is 0.0128. The van der Waals surface area contributed by atoms with Crippen molar-refractivity contribution >= 4 is 29.4 Å².